The molecule has 0 amide bonds. The van der Waals surface area contributed by atoms with E-state index in [4.69, 9.17) is 17.3 Å². The average molecular weight is 280 g/mol. The fourth-order valence-corrected chi connectivity index (χ4v) is 3.38. The van der Waals surface area contributed by atoms with Gasteiger partial charge in [-0.05, 0) is 30.2 Å². The fourth-order valence-electron chi connectivity index (χ4n) is 1.39. The Kier molecular flexibility index (Phi) is 4.91. The Balaban J connectivity index is 2.86. The molecule has 17 heavy (non-hydrogen) atoms. The highest BCUT2D eigenvalue weighted by Crippen LogP contribution is 2.20. The lowest BCUT2D eigenvalue weighted by molar-refractivity contribution is 0.582. The lowest BCUT2D eigenvalue weighted by atomic mass is 10.2. The Morgan fingerprint density at radius 2 is 2.12 bits per heavy atom. The topological polar surface area (TPSA) is 60.2 Å². The summed E-state index contributed by atoms with van der Waals surface area (Å²) in [6.07, 6.45) is 0.579. The van der Waals surface area contributed by atoms with E-state index in [1.807, 2.05) is 6.92 Å². The number of sulfone groups is 1. The summed E-state index contributed by atoms with van der Waals surface area (Å²) in [5.74, 6) is -0.896. The number of hydrogen-bond donors (Lipinski definition) is 1. The van der Waals surface area contributed by atoms with Crippen LogP contribution in [0.4, 0.5) is 4.39 Å². The predicted molar refractivity (Wildman–Crippen MR) is 67.2 cm³/mol. The molecule has 1 rings (SSSR count). The molecule has 1 unspecified atom stereocenters. The lowest BCUT2D eigenvalue weighted by Gasteiger charge is -2.10. The molecule has 0 radical (unpaired) electrons. The van der Waals surface area contributed by atoms with Gasteiger partial charge in [-0.3, -0.25) is 0 Å². The SMILES string of the molecule is CCC(N)CS(=O)(=O)Cc1cc(F)ccc1Cl. The van der Waals surface area contributed by atoms with Crippen molar-refractivity contribution in [1.29, 1.82) is 0 Å². The van der Waals surface area contributed by atoms with Crippen molar-refractivity contribution in [3.63, 3.8) is 0 Å². The van der Waals surface area contributed by atoms with Crippen LogP contribution in [0, 0.1) is 5.82 Å². The van der Waals surface area contributed by atoms with Crippen molar-refractivity contribution in [3.05, 3.63) is 34.6 Å². The first-order chi connectivity index (χ1) is 7.84. The fraction of sp³-hybridized carbons (Fsp3) is 0.455. The van der Waals surface area contributed by atoms with Crippen LogP contribution in [0.15, 0.2) is 18.2 Å². The largest absolute Gasteiger partial charge is 0.327 e. The summed E-state index contributed by atoms with van der Waals surface area (Å²) >= 11 is 5.81. The van der Waals surface area contributed by atoms with Crippen molar-refractivity contribution in [2.24, 2.45) is 5.73 Å². The van der Waals surface area contributed by atoms with Gasteiger partial charge >= 0.3 is 0 Å². The van der Waals surface area contributed by atoms with Gasteiger partial charge in [-0.2, -0.15) is 0 Å². The summed E-state index contributed by atoms with van der Waals surface area (Å²) in [6, 6.07) is 3.28. The van der Waals surface area contributed by atoms with Crippen LogP contribution in [0.2, 0.25) is 5.02 Å². The van der Waals surface area contributed by atoms with E-state index in [2.05, 4.69) is 0 Å². The third-order valence-corrected chi connectivity index (χ3v) is 4.43. The standard InChI is InChI=1S/C11H15ClFNO2S/c1-2-10(14)7-17(15,16)6-8-5-9(13)3-4-11(8)12/h3-5,10H,2,6-7,14H2,1H3. The second kappa shape index (κ2) is 5.80. The lowest BCUT2D eigenvalue weighted by Crippen LogP contribution is -2.29. The monoisotopic (exact) mass is 279 g/mol. The molecule has 0 fully saturated rings. The smallest absolute Gasteiger partial charge is 0.156 e. The van der Waals surface area contributed by atoms with E-state index < -0.39 is 21.7 Å². The van der Waals surface area contributed by atoms with Gasteiger partial charge in [0.05, 0.1) is 11.5 Å². The summed E-state index contributed by atoms with van der Waals surface area (Å²) in [4.78, 5) is 0. The van der Waals surface area contributed by atoms with Crippen molar-refractivity contribution < 1.29 is 12.8 Å². The van der Waals surface area contributed by atoms with E-state index in [9.17, 15) is 12.8 Å². The molecule has 1 aromatic rings. The van der Waals surface area contributed by atoms with Gasteiger partial charge in [0.1, 0.15) is 5.82 Å². The minimum absolute atomic E-state index is 0.115. The van der Waals surface area contributed by atoms with Crippen LogP contribution >= 0.6 is 11.6 Å². The molecule has 0 aliphatic rings. The van der Waals surface area contributed by atoms with Gasteiger partial charge in [0.25, 0.3) is 0 Å². The summed E-state index contributed by atoms with van der Waals surface area (Å²) < 4.78 is 36.5. The van der Waals surface area contributed by atoms with Crippen LogP contribution in [-0.4, -0.2) is 20.2 Å². The second-order valence-corrected chi connectivity index (χ2v) is 6.47. The first-order valence-electron chi connectivity index (χ1n) is 5.24. The minimum Gasteiger partial charge on any atom is -0.327 e. The van der Waals surface area contributed by atoms with Crippen molar-refractivity contribution >= 4 is 21.4 Å². The van der Waals surface area contributed by atoms with E-state index in [1.54, 1.807) is 0 Å². The molecule has 6 heteroatoms. The Morgan fingerprint density at radius 3 is 2.71 bits per heavy atom. The maximum Gasteiger partial charge on any atom is 0.156 e. The molecule has 0 aromatic heterocycles. The van der Waals surface area contributed by atoms with E-state index in [1.165, 1.54) is 12.1 Å². The highest BCUT2D eigenvalue weighted by Gasteiger charge is 2.17. The van der Waals surface area contributed by atoms with Crippen molar-refractivity contribution in [2.45, 2.75) is 25.1 Å². The third-order valence-electron chi connectivity index (χ3n) is 2.38. The van der Waals surface area contributed by atoms with Gasteiger partial charge in [-0.15, -0.1) is 0 Å². The highest BCUT2D eigenvalue weighted by molar-refractivity contribution is 7.90. The molecule has 1 aromatic carbocycles. The minimum atomic E-state index is -3.36. The van der Waals surface area contributed by atoms with E-state index in [0.717, 1.165) is 6.07 Å². The summed E-state index contributed by atoms with van der Waals surface area (Å²) in [5.41, 5.74) is 5.87. The van der Waals surface area contributed by atoms with Gasteiger partial charge < -0.3 is 5.73 Å². The number of nitrogens with two attached hydrogens (primary N) is 1. The maximum absolute atomic E-state index is 13.0. The predicted octanol–water partition coefficient (Wildman–Crippen LogP) is 2.13. The molecule has 0 heterocycles. The first kappa shape index (κ1) is 14.4. The van der Waals surface area contributed by atoms with E-state index in [0.29, 0.717) is 6.42 Å². The van der Waals surface area contributed by atoms with Crippen LogP contribution < -0.4 is 5.73 Å². The Hall–Kier alpha value is -0.650. The second-order valence-electron chi connectivity index (χ2n) is 3.96. The van der Waals surface area contributed by atoms with Gasteiger partial charge in [-0.1, -0.05) is 18.5 Å². The average Bonchev–Trinajstić information content (AvgIpc) is 2.22. The van der Waals surface area contributed by atoms with Crippen LogP contribution in [0.25, 0.3) is 0 Å². The van der Waals surface area contributed by atoms with Crippen LogP contribution in [-0.2, 0) is 15.6 Å². The number of halogens is 2. The molecule has 1 atom stereocenters. The molecule has 96 valence electrons. The number of rotatable bonds is 5. The third kappa shape index (κ3) is 4.61. The van der Waals surface area contributed by atoms with Crippen LogP contribution in [0.3, 0.4) is 0 Å². The maximum atomic E-state index is 13.0. The van der Waals surface area contributed by atoms with Crippen molar-refractivity contribution in [3.8, 4) is 0 Å². The molecule has 0 saturated heterocycles. The van der Waals surface area contributed by atoms with Crippen molar-refractivity contribution in [1.82, 2.24) is 0 Å². The summed E-state index contributed by atoms with van der Waals surface area (Å²) in [7, 11) is -3.36. The normalized spacial score (nSPS) is 13.6. The number of hydrogen-bond acceptors (Lipinski definition) is 3. The molecule has 2 N–H and O–H groups in total. The molecule has 0 aliphatic carbocycles. The Bertz CT molecular complexity index is 490. The quantitative estimate of drug-likeness (QED) is 0.898. The Labute approximate surface area is 106 Å². The van der Waals surface area contributed by atoms with Gasteiger partial charge in [-0.25, -0.2) is 12.8 Å². The first-order valence-corrected chi connectivity index (χ1v) is 7.44. The molecule has 0 saturated carbocycles. The van der Waals surface area contributed by atoms with Gasteiger partial charge in [0.2, 0.25) is 0 Å². The zero-order valence-electron chi connectivity index (χ0n) is 9.49. The molecule has 0 bridgehead atoms. The molecule has 3 nitrogen and oxygen atoms in total. The van der Waals surface area contributed by atoms with Gasteiger partial charge in [0, 0.05) is 11.1 Å². The van der Waals surface area contributed by atoms with Crippen LogP contribution in [0.1, 0.15) is 18.9 Å². The highest BCUT2D eigenvalue weighted by atomic mass is 35.5. The summed E-state index contributed by atoms with van der Waals surface area (Å²) in [6.45, 7) is 1.81. The molecule has 0 aliphatic heterocycles. The van der Waals surface area contributed by atoms with E-state index in [-0.39, 0.29) is 22.1 Å². The zero-order valence-corrected chi connectivity index (χ0v) is 11.1. The van der Waals surface area contributed by atoms with E-state index >= 15 is 0 Å². The summed E-state index contributed by atoms with van der Waals surface area (Å²) in [5, 5.41) is 0.250. The van der Waals surface area contributed by atoms with Crippen molar-refractivity contribution in [2.75, 3.05) is 5.75 Å². The van der Waals surface area contributed by atoms with Gasteiger partial charge in [0.15, 0.2) is 9.84 Å². The van der Waals surface area contributed by atoms with Crippen LogP contribution in [0.5, 0.6) is 0 Å². The zero-order chi connectivity index (χ0) is 13.1. The molecular weight excluding hydrogens is 265 g/mol. The molecular formula is C11H15ClFNO2S. The Morgan fingerprint density at radius 1 is 1.47 bits per heavy atom. The molecule has 0 spiro atoms. The number of benzene rings is 1.